The Kier molecular flexibility index (Phi) is 9.44. The molecule has 0 bridgehead atoms. The number of aliphatic hydroxyl groups excluding tert-OH is 1. The Morgan fingerprint density at radius 2 is 1.95 bits per heavy atom. The number of ether oxygens (including phenoxy) is 2. The fourth-order valence-electron chi connectivity index (χ4n) is 3.51. The van der Waals surface area contributed by atoms with Gasteiger partial charge in [-0.1, -0.05) is 6.42 Å². The Morgan fingerprint density at radius 3 is 2.57 bits per heavy atom. The molecule has 21 heavy (non-hydrogen) atoms. The van der Waals surface area contributed by atoms with E-state index in [4.69, 9.17) is 9.47 Å². The van der Waals surface area contributed by atoms with Gasteiger partial charge in [0.2, 0.25) is 0 Å². The summed E-state index contributed by atoms with van der Waals surface area (Å²) in [5.74, 6) is 0.569. The van der Waals surface area contributed by atoms with Crippen LogP contribution < -0.4 is 5.32 Å². The van der Waals surface area contributed by atoms with Gasteiger partial charge in [-0.05, 0) is 45.2 Å². The second-order valence-corrected chi connectivity index (χ2v) is 6.12. The van der Waals surface area contributed by atoms with Crippen molar-refractivity contribution in [1.82, 2.24) is 10.2 Å². The number of hydrogen-bond donors (Lipinski definition) is 2. The maximum absolute atomic E-state index is 9.75. The molecule has 0 saturated heterocycles. The molecule has 0 amide bonds. The van der Waals surface area contributed by atoms with Crippen molar-refractivity contribution in [2.45, 2.75) is 37.6 Å². The van der Waals surface area contributed by atoms with Crippen LogP contribution in [0.4, 0.5) is 0 Å². The highest BCUT2D eigenvalue weighted by Crippen LogP contribution is 2.37. The summed E-state index contributed by atoms with van der Waals surface area (Å²) in [4.78, 5) is 2.46. The summed E-state index contributed by atoms with van der Waals surface area (Å²) < 4.78 is 10.4. The molecule has 5 nitrogen and oxygen atoms in total. The van der Waals surface area contributed by atoms with Crippen LogP contribution in [0, 0.1) is 5.92 Å². The standard InChI is InChI=1S/C16H34N2O3/c1-17-16(14-19)8-4-6-15(16)7-10-18(11-13-21-3)9-5-12-20-2/h15,17,19H,4-14H2,1-3H3. The molecule has 1 rings (SSSR count). The third kappa shape index (κ3) is 5.83. The normalized spacial score (nSPS) is 25.9. The molecule has 5 heteroatoms. The number of nitrogens with zero attached hydrogens (tertiary/aromatic N) is 1. The van der Waals surface area contributed by atoms with Crippen molar-refractivity contribution in [3.05, 3.63) is 0 Å². The molecule has 2 unspecified atom stereocenters. The topological polar surface area (TPSA) is 54.0 Å². The third-order valence-corrected chi connectivity index (χ3v) is 4.97. The molecule has 2 N–H and O–H groups in total. The first kappa shape index (κ1) is 18.8. The molecule has 126 valence electrons. The van der Waals surface area contributed by atoms with E-state index in [-0.39, 0.29) is 12.1 Å². The quantitative estimate of drug-likeness (QED) is 0.529. The second kappa shape index (κ2) is 10.5. The summed E-state index contributed by atoms with van der Waals surface area (Å²) in [6.45, 7) is 4.92. The van der Waals surface area contributed by atoms with Gasteiger partial charge in [-0.25, -0.2) is 0 Å². The van der Waals surface area contributed by atoms with Crippen LogP contribution in [0.2, 0.25) is 0 Å². The molecular weight excluding hydrogens is 268 g/mol. The van der Waals surface area contributed by atoms with Gasteiger partial charge in [-0.15, -0.1) is 0 Å². The van der Waals surface area contributed by atoms with E-state index in [1.165, 1.54) is 12.8 Å². The van der Waals surface area contributed by atoms with Gasteiger partial charge in [0.25, 0.3) is 0 Å². The molecule has 0 aliphatic heterocycles. The summed E-state index contributed by atoms with van der Waals surface area (Å²) in [6.07, 6.45) is 5.72. The first-order chi connectivity index (χ1) is 10.2. The number of methoxy groups -OCH3 is 2. The van der Waals surface area contributed by atoms with Crippen LogP contribution in [-0.2, 0) is 9.47 Å². The van der Waals surface area contributed by atoms with Crippen molar-refractivity contribution in [2.24, 2.45) is 5.92 Å². The van der Waals surface area contributed by atoms with Gasteiger partial charge in [-0.2, -0.15) is 0 Å². The van der Waals surface area contributed by atoms with Crippen LogP contribution in [0.1, 0.15) is 32.1 Å². The van der Waals surface area contributed by atoms with Gasteiger partial charge >= 0.3 is 0 Å². The Labute approximate surface area is 130 Å². The van der Waals surface area contributed by atoms with Crippen molar-refractivity contribution in [3.8, 4) is 0 Å². The van der Waals surface area contributed by atoms with Crippen LogP contribution in [0.15, 0.2) is 0 Å². The fraction of sp³-hybridized carbons (Fsp3) is 1.00. The van der Waals surface area contributed by atoms with Crippen molar-refractivity contribution in [3.63, 3.8) is 0 Å². The highest BCUT2D eigenvalue weighted by Gasteiger charge is 2.40. The minimum atomic E-state index is -0.0561. The molecule has 0 heterocycles. The van der Waals surface area contributed by atoms with Gasteiger partial charge in [0, 0.05) is 39.5 Å². The number of hydrogen-bond acceptors (Lipinski definition) is 5. The van der Waals surface area contributed by atoms with Gasteiger partial charge in [0.05, 0.1) is 13.2 Å². The fourth-order valence-corrected chi connectivity index (χ4v) is 3.51. The average Bonchev–Trinajstić information content (AvgIpc) is 2.93. The zero-order valence-electron chi connectivity index (χ0n) is 14.1. The van der Waals surface area contributed by atoms with Gasteiger partial charge in [0.1, 0.15) is 0 Å². The lowest BCUT2D eigenvalue weighted by Gasteiger charge is -2.35. The van der Waals surface area contributed by atoms with E-state index in [0.717, 1.165) is 52.1 Å². The molecule has 0 aromatic rings. The molecule has 0 aromatic heterocycles. The third-order valence-electron chi connectivity index (χ3n) is 4.97. The highest BCUT2D eigenvalue weighted by molar-refractivity contribution is 4.98. The zero-order chi connectivity index (χ0) is 15.6. The lowest BCUT2D eigenvalue weighted by Crippen LogP contribution is -2.50. The predicted octanol–water partition coefficient (Wildman–Crippen LogP) is 1.11. The molecule has 0 spiro atoms. The average molecular weight is 302 g/mol. The lowest BCUT2D eigenvalue weighted by molar-refractivity contribution is 0.103. The summed E-state index contributed by atoms with van der Waals surface area (Å²) in [6, 6.07) is 0. The molecule has 1 aliphatic carbocycles. The minimum absolute atomic E-state index is 0.0561. The summed E-state index contributed by atoms with van der Waals surface area (Å²) >= 11 is 0. The van der Waals surface area contributed by atoms with E-state index in [1.807, 2.05) is 7.05 Å². The molecule has 1 saturated carbocycles. The Morgan fingerprint density at radius 1 is 1.19 bits per heavy atom. The number of nitrogens with one attached hydrogen (secondary N) is 1. The largest absolute Gasteiger partial charge is 0.394 e. The number of likely N-dealkylation sites (N-methyl/N-ethyl adjacent to an activating group) is 1. The smallest absolute Gasteiger partial charge is 0.0615 e. The monoisotopic (exact) mass is 302 g/mol. The van der Waals surface area contributed by atoms with Crippen LogP contribution in [0.3, 0.4) is 0 Å². The Hall–Kier alpha value is -0.200. The molecule has 0 radical (unpaired) electrons. The molecule has 1 aliphatic rings. The van der Waals surface area contributed by atoms with Crippen molar-refractivity contribution >= 4 is 0 Å². The first-order valence-corrected chi connectivity index (χ1v) is 8.22. The van der Waals surface area contributed by atoms with Crippen molar-refractivity contribution < 1.29 is 14.6 Å². The van der Waals surface area contributed by atoms with Gasteiger partial charge in [0.15, 0.2) is 0 Å². The van der Waals surface area contributed by atoms with Gasteiger partial charge < -0.3 is 24.8 Å². The van der Waals surface area contributed by atoms with E-state index >= 15 is 0 Å². The predicted molar refractivity (Wildman–Crippen MR) is 85.6 cm³/mol. The van der Waals surface area contributed by atoms with Crippen molar-refractivity contribution in [2.75, 3.05) is 60.7 Å². The van der Waals surface area contributed by atoms with Crippen LogP contribution in [0.25, 0.3) is 0 Å². The lowest BCUT2D eigenvalue weighted by atomic mass is 9.85. The van der Waals surface area contributed by atoms with Crippen LogP contribution in [-0.4, -0.2) is 76.3 Å². The maximum atomic E-state index is 9.75. The Bertz CT molecular complexity index is 260. The highest BCUT2D eigenvalue weighted by atomic mass is 16.5. The van der Waals surface area contributed by atoms with Gasteiger partial charge in [-0.3, -0.25) is 0 Å². The van der Waals surface area contributed by atoms with Crippen LogP contribution in [0.5, 0.6) is 0 Å². The van der Waals surface area contributed by atoms with E-state index in [0.29, 0.717) is 5.92 Å². The minimum Gasteiger partial charge on any atom is -0.394 e. The van der Waals surface area contributed by atoms with E-state index in [2.05, 4.69) is 10.2 Å². The van der Waals surface area contributed by atoms with E-state index in [1.54, 1.807) is 14.2 Å². The van der Waals surface area contributed by atoms with E-state index < -0.39 is 0 Å². The zero-order valence-corrected chi connectivity index (χ0v) is 14.1. The summed E-state index contributed by atoms with van der Waals surface area (Å²) in [7, 11) is 5.48. The molecule has 0 aromatic carbocycles. The van der Waals surface area contributed by atoms with Crippen molar-refractivity contribution in [1.29, 1.82) is 0 Å². The van der Waals surface area contributed by atoms with Crippen LogP contribution >= 0.6 is 0 Å². The molecule has 2 atom stereocenters. The van der Waals surface area contributed by atoms with E-state index in [9.17, 15) is 5.11 Å². The second-order valence-electron chi connectivity index (χ2n) is 6.12. The first-order valence-electron chi connectivity index (χ1n) is 8.22. The SMILES string of the molecule is CNC1(CO)CCCC1CCN(CCCOC)CCOC. The number of rotatable bonds is 12. The Balaban J connectivity index is 2.42. The maximum Gasteiger partial charge on any atom is 0.0615 e. The summed E-state index contributed by atoms with van der Waals surface area (Å²) in [5, 5.41) is 13.1. The number of aliphatic hydroxyl groups is 1. The summed E-state index contributed by atoms with van der Waals surface area (Å²) in [5.41, 5.74) is -0.0561. The molecule has 1 fully saturated rings. The molecular formula is C16H34N2O3.